The molecule has 0 rings (SSSR count). The predicted octanol–water partition coefficient (Wildman–Crippen LogP) is -0.231. The first kappa shape index (κ1) is 9.96. The lowest BCUT2D eigenvalue weighted by Crippen LogP contribution is -2.28. The van der Waals surface area contributed by atoms with Gasteiger partial charge in [0, 0.05) is 0 Å². The van der Waals surface area contributed by atoms with E-state index in [1.165, 1.54) is 0 Å². The van der Waals surface area contributed by atoms with E-state index in [0.29, 0.717) is 4.31 Å². The van der Waals surface area contributed by atoms with E-state index < -0.39 is 10.4 Å². The first-order valence-corrected chi connectivity index (χ1v) is 3.93. The molecule has 0 saturated carbocycles. The van der Waals surface area contributed by atoms with Crippen LogP contribution in [0, 0.1) is 24.7 Å². The minimum atomic E-state index is -4.74. The van der Waals surface area contributed by atoms with E-state index in [1.54, 1.807) is 0 Å². The summed E-state index contributed by atoms with van der Waals surface area (Å²) in [7, 11) is -4.74. The smallest absolute Gasteiger partial charge is 0.177 e. The van der Waals surface area contributed by atoms with Crippen LogP contribution >= 0.6 is 0 Å². The van der Waals surface area contributed by atoms with E-state index in [1.807, 2.05) is 11.8 Å². The van der Waals surface area contributed by atoms with Crippen molar-refractivity contribution >= 4 is 10.4 Å². The molecule has 0 aromatic carbocycles. The maximum atomic E-state index is 12.1. The van der Waals surface area contributed by atoms with Crippen molar-refractivity contribution in [2.75, 3.05) is 13.1 Å². The van der Waals surface area contributed by atoms with E-state index in [0.717, 1.165) is 0 Å². The molecular formula is C6H6FNO2S. The number of halogens is 1. The van der Waals surface area contributed by atoms with Gasteiger partial charge in [0.05, 0.1) is 13.1 Å². The van der Waals surface area contributed by atoms with Crippen molar-refractivity contribution < 1.29 is 12.3 Å². The maximum absolute atomic E-state index is 12.1. The molecule has 0 amide bonds. The SMILES string of the molecule is C#CCN(CC#C)S(=O)(=O)F. The molecule has 0 aromatic rings. The van der Waals surface area contributed by atoms with Crippen LogP contribution in [-0.4, -0.2) is 25.8 Å². The number of terminal acetylenes is 2. The highest BCUT2D eigenvalue weighted by Gasteiger charge is 2.17. The van der Waals surface area contributed by atoms with Crippen molar-refractivity contribution in [3.8, 4) is 24.7 Å². The average molecular weight is 175 g/mol. The normalized spacial score (nSPS) is 10.5. The maximum Gasteiger partial charge on any atom is 0.376 e. The first-order chi connectivity index (χ1) is 5.02. The molecule has 11 heavy (non-hydrogen) atoms. The van der Waals surface area contributed by atoms with Crippen LogP contribution in [-0.2, 0) is 10.4 Å². The Bertz CT molecular complexity index is 280. The fraction of sp³-hybridized carbons (Fsp3) is 0.333. The van der Waals surface area contributed by atoms with Crippen LogP contribution in [0.2, 0.25) is 0 Å². The van der Waals surface area contributed by atoms with Gasteiger partial charge in [-0.2, -0.15) is 12.7 Å². The fourth-order valence-electron chi connectivity index (χ4n) is 0.414. The van der Waals surface area contributed by atoms with Crippen LogP contribution in [0.5, 0.6) is 0 Å². The van der Waals surface area contributed by atoms with Crippen molar-refractivity contribution in [1.29, 1.82) is 0 Å². The lowest BCUT2D eigenvalue weighted by atomic mass is 10.6. The van der Waals surface area contributed by atoms with Gasteiger partial charge in [-0.25, -0.2) is 0 Å². The Hall–Kier alpha value is -1.04. The third-order valence-electron chi connectivity index (χ3n) is 0.844. The lowest BCUT2D eigenvalue weighted by Gasteiger charge is -2.08. The zero-order valence-electron chi connectivity index (χ0n) is 5.62. The molecule has 0 aromatic heterocycles. The summed E-state index contributed by atoms with van der Waals surface area (Å²) < 4.78 is 32.9. The molecular weight excluding hydrogens is 169 g/mol. The Morgan fingerprint density at radius 1 is 1.27 bits per heavy atom. The highest BCUT2D eigenvalue weighted by Crippen LogP contribution is 1.99. The van der Waals surface area contributed by atoms with Crippen LogP contribution in [0.15, 0.2) is 0 Å². The number of hydrogen-bond acceptors (Lipinski definition) is 2. The number of hydrogen-bond donors (Lipinski definition) is 0. The molecule has 0 atom stereocenters. The molecule has 0 aliphatic heterocycles. The van der Waals surface area contributed by atoms with Crippen molar-refractivity contribution in [1.82, 2.24) is 4.31 Å². The summed E-state index contributed by atoms with van der Waals surface area (Å²) in [6.07, 6.45) is 9.53. The Morgan fingerprint density at radius 2 is 1.64 bits per heavy atom. The molecule has 5 heteroatoms. The molecule has 0 unspecified atom stereocenters. The molecule has 0 N–H and O–H groups in total. The van der Waals surface area contributed by atoms with Gasteiger partial charge in [0.15, 0.2) is 0 Å². The van der Waals surface area contributed by atoms with Gasteiger partial charge in [-0.05, 0) is 0 Å². The van der Waals surface area contributed by atoms with Crippen molar-refractivity contribution in [3.63, 3.8) is 0 Å². The standard InChI is InChI=1S/C6H6FNO2S/c1-3-5-8(6-4-2)11(7,9)10/h1-2H,5-6H2. The molecule has 0 aliphatic rings. The molecule has 0 radical (unpaired) electrons. The summed E-state index contributed by atoms with van der Waals surface area (Å²) in [6.45, 7) is -0.688. The molecule has 0 heterocycles. The number of nitrogens with zero attached hydrogens (tertiary/aromatic N) is 1. The monoisotopic (exact) mass is 175 g/mol. The third kappa shape index (κ3) is 3.61. The van der Waals surface area contributed by atoms with E-state index >= 15 is 0 Å². The highest BCUT2D eigenvalue weighted by atomic mass is 32.3. The fourth-order valence-corrected chi connectivity index (χ4v) is 0.871. The first-order valence-electron chi connectivity index (χ1n) is 2.59. The second-order valence-corrected chi connectivity index (χ2v) is 2.96. The summed E-state index contributed by atoms with van der Waals surface area (Å²) in [5, 5.41) is 0. The summed E-state index contributed by atoms with van der Waals surface area (Å²) >= 11 is 0. The van der Waals surface area contributed by atoms with E-state index in [2.05, 4.69) is 0 Å². The molecule has 0 fully saturated rings. The van der Waals surface area contributed by atoms with Crippen LogP contribution in [0.4, 0.5) is 3.89 Å². The molecule has 0 bridgehead atoms. The predicted molar refractivity (Wildman–Crippen MR) is 39.3 cm³/mol. The quantitative estimate of drug-likeness (QED) is 0.439. The van der Waals surface area contributed by atoms with Gasteiger partial charge < -0.3 is 0 Å². The van der Waals surface area contributed by atoms with E-state index in [4.69, 9.17) is 12.8 Å². The summed E-state index contributed by atoms with van der Waals surface area (Å²) in [6, 6.07) is 0. The Morgan fingerprint density at radius 3 is 1.82 bits per heavy atom. The Balaban J connectivity index is 4.41. The van der Waals surface area contributed by atoms with E-state index in [-0.39, 0.29) is 13.1 Å². The summed E-state index contributed by atoms with van der Waals surface area (Å²) in [5.41, 5.74) is 0. The van der Waals surface area contributed by atoms with Crippen LogP contribution in [0.3, 0.4) is 0 Å². The largest absolute Gasteiger partial charge is 0.376 e. The second-order valence-electron chi connectivity index (χ2n) is 1.62. The van der Waals surface area contributed by atoms with Gasteiger partial charge >= 0.3 is 10.4 Å². The van der Waals surface area contributed by atoms with Crippen LogP contribution < -0.4 is 0 Å². The zero-order valence-corrected chi connectivity index (χ0v) is 6.44. The molecule has 0 spiro atoms. The van der Waals surface area contributed by atoms with Gasteiger partial charge in [-0.3, -0.25) is 0 Å². The van der Waals surface area contributed by atoms with Gasteiger partial charge in [0.1, 0.15) is 0 Å². The summed E-state index contributed by atoms with van der Waals surface area (Å²) in [4.78, 5) is 0. The van der Waals surface area contributed by atoms with Gasteiger partial charge in [0.2, 0.25) is 0 Å². The van der Waals surface area contributed by atoms with Gasteiger partial charge in [-0.15, -0.1) is 12.8 Å². The number of rotatable bonds is 3. The van der Waals surface area contributed by atoms with Gasteiger partial charge in [0.25, 0.3) is 0 Å². The zero-order chi connectivity index (χ0) is 8.91. The second kappa shape index (κ2) is 3.97. The molecule has 3 nitrogen and oxygen atoms in total. The molecule has 0 aliphatic carbocycles. The van der Waals surface area contributed by atoms with E-state index in [9.17, 15) is 12.3 Å². The van der Waals surface area contributed by atoms with Crippen molar-refractivity contribution in [2.45, 2.75) is 0 Å². The topological polar surface area (TPSA) is 37.4 Å². The van der Waals surface area contributed by atoms with Crippen LogP contribution in [0.25, 0.3) is 0 Å². The Kier molecular flexibility index (Phi) is 3.59. The molecule has 0 saturated heterocycles. The average Bonchev–Trinajstić information content (AvgIpc) is 1.85. The molecule has 60 valence electrons. The highest BCUT2D eigenvalue weighted by molar-refractivity contribution is 7.83. The van der Waals surface area contributed by atoms with Gasteiger partial charge in [-0.1, -0.05) is 15.7 Å². The minimum Gasteiger partial charge on any atom is -0.177 e. The van der Waals surface area contributed by atoms with Crippen molar-refractivity contribution in [3.05, 3.63) is 0 Å². The summed E-state index contributed by atoms with van der Waals surface area (Å²) in [5.74, 6) is 3.94. The minimum absolute atomic E-state index is 0.344. The van der Waals surface area contributed by atoms with Crippen LogP contribution in [0.1, 0.15) is 0 Å². The van der Waals surface area contributed by atoms with Crippen molar-refractivity contribution in [2.24, 2.45) is 0 Å². The third-order valence-corrected chi connectivity index (χ3v) is 1.72. The Labute approximate surface area is 65.5 Å². The lowest BCUT2D eigenvalue weighted by molar-refractivity contribution is 0.442.